The van der Waals surface area contributed by atoms with Gasteiger partial charge in [0.1, 0.15) is 0 Å². The Hall–Kier alpha value is -0.810. The minimum absolute atomic E-state index is 0. The fourth-order valence-corrected chi connectivity index (χ4v) is 0.830. The number of benzene rings is 1. The molecule has 0 saturated heterocycles. The standard InChI is InChI=1S/C7H9FN2O.BrH/c1-11-7-5(8)3-2-4-6(7)10-9;/h2-4,10H,9H2,1H3;1H. The predicted octanol–water partition coefficient (Wildman–Crippen LogP) is 1.70. The second-order valence-electron chi connectivity index (χ2n) is 1.96. The maximum absolute atomic E-state index is 12.8. The first-order valence-corrected chi connectivity index (χ1v) is 3.08. The van der Waals surface area contributed by atoms with E-state index in [1.165, 1.54) is 13.2 Å². The third kappa shape index (κ3) is 2.09. The van der Waals surface area contributed by atoms with Crippen molar-refractivity contribution in [1.29, 1.82) is 0 Å². The molecule has 1 rings (SSSR count). The van der Waals surface area contributed by atoms with Crippen LogP contribution in [0, 0.1) is 5.82 Å². The molecule has 0 aliphatic carbocycles. The minimum Gasteiger partial charge on any atom is -0.492 e. The van der Waals surface area contributed by atoms with Crippen LogP contribution in [-0.2, 0) is 0 Å². The molecule has 5 heteroatoms. The van der Waals surface area contributed by atoms with Crippen molar-refractivity contribution in [3.05, 3.63) is 24.0 Å². The quantitative estimate of drug-likeness (QED) is 0.607. The van der Waals surface area contributed by atoms with Crippen molar-refractivity contribution in [3.63, 3.8) is 0 Å². The van der Waals surface area contributed by atoms with Gasteiger partial charge in [0.2, 0.25) is 0 Å². The Morgan fingerprint density at radius 1 is 1.50 bits per heavy atom. The van der Waals surface area contributed by atoms with Gasteiger partial charge in [-0.3, -0.25) is 5.84 Å². The van der Waals surface area contributed by atoms with Crippen LogP contribution in [0.4, 0.5) is 10.1 Å². The first-order valence-electron chi connectivity index (χ1n) is 3.08. The normalized spacial score (nSPS) is 8.58. The van der Waals surface area contributed by atoms with Crippen molar-refractivity contribution in [2.24, 2.45) is 5.84 Å². The van der Waals surface area contributed by atoms with E-state index in [9.17, 15) is 4.39 Å². The number of hydrogen-bond donors (Lipinski definition) is 2. The summed E-state index contributed by atoms with van der Waals surface area (Å²) < 4.78 is 17.6. The molecule has 68 valence electrons. The molecule has 0 fully saturated rings. The molecule has 12 heavy (non-hydrogen) atoms. The maximum atomic E-state index is 12.8. The first kappa shape index (κ1) is 11.2. The van der Waals surface area contributed by atoms with Gasteiger partial charge in [-0.05, 0) is 12.1 Å². The number of ether oxygens (including phenoxy) is 1. The summed E-state index contributed by atoms with van der Waals surface area (Å²) in [6.07, 6.45) is 0. The molecule has 0 radical (unpaired) electrons. The highest BCUT2D eigenvalue weighted by molar-refractivity contribution is 8.93. The number of anilines is 1. The SMILES string of the molecule is Br.COc1c(F)cccc1NN. The van der Waals surface area contributed by atoms with E-state index in [4.69, 9.17) is 10.6 Å². The predicted molar refractivity (Wildman–Crippen MR) is 51.1 cm³/mol. The smallest absolute Gasteiger partial charge is 0.178 e. The molecule has 0 aliphatic rings. The monoisotopic (exact) mass is 236 g/mol. The van der Waals surface area contributed by atoms with Gasteiger partial charge in [-0.2, -0.15) is 0 Å². The Morgan fingerprint density at radius 3 is 2.58 bits per heavy atom. The van der Waals surface area contributed by atoms with Crippen LogP contribution in [0.1, 0.15) is 0 Å². The summed E-state index contributed by atoms with van der Waals surface area (Å²) in [4.78, 5) is 0. The highest BCUT2D eigenvalue weighted by Gasteiger charge is 2.05. The molecular formula is C7H10BrFN2O. The molecule has 3 nitrogen and oxygen atoms in total. The van der Waals surface area contributed by atoms with Gasteiger partial charge in [0.25, 0.3) is 0 Å². The van der Waals surface area contributed by atoms with Gasteiger partial charge >= 0.3 is 0 Å². The van der Waals surface area contributed by atoms with E-state index in [2.05, 4.69) is 5.43 Å². The fourth-order valence-electron chi connectivity index (χ4n) is 0.830. The van der Waals surface area contributed by atoms with E-state index in [1.807, 2.05) is 0 Å². The Balaban J connectivity index is 0.00000121. The number of nitrogens with one attached hydrogen (secondary N) is 1. The minimum atomic E-state index is -0.428. The Kier molecular flexibility index (Phi) is 4.61. The van der Waals surface area contributed by atoms with Crippen molar-refractivity contribution in [2.75, 3.05) is 12.5 Å². The average molecular weight is 237 g/mol. The van der Waals surface area contributed by atoms with E-state index in [0.29, 0.717) is 5.69 Å². The Morgan fingerprint density at radius 2 is 2.17 bits per heavy atom. The number of halogens is 2. The molecule has 3 N–H and O–H groups in total. The Labute approximate surface area is 80.4 Å². The summed E-state index contributed by atoms with van der Waals surface area (Å²) >= 11 is 0. The van der Waals surface area contributed by atoms with Crippen LogP contribution in [0.15, 0.2) is 18.2 Å². The molecule has 0 spiro atoms. The number of nitrogens with two attached hydrogens (primary N) is 1. The van der Waals surface area contributed by atoms with Gasteiger partial charge in [-0.15, -0.1) is 17.0 Å². The second kappa shape index (κ2) is 4.95. The molecule has 1 aromatic rings. The number of nitrogen functional groups attached to an aromatic ring is 1. The van der Waals surface area contributed by atoms with Crippen LogP contribution in [0.5, 0.6) is 5.75 Å². The van der Waals surface area contributed by atoms with E-state index in [-0.39, 0.29) is 22.7 Å². The van der Waals surface area contributed by atoms with Gasteiger partial charge in [0.15, 0.2) is 11.6 Å². The van der Waals surface area contributed by atoms with E-state index in [1.54, 1.807) is 12.1 Å². The van der Waals surface area contributed by atoms with E-state index < -0.39 is 5.82 Å². The molecule has 0 amide bonds. The topological polar surface area (TPSA) is 47.3 Å². The highest BCUT2D eigenvalue weighted by atomic mass is 79.9. The molecule has 0 aromatic heterocycles. The molecule has 0 bridgehead atoms. The summed E-state index contributed by atoms with van der Waals surface area (Å²) in [5, 5.41) is 0. The van der Waals surface area contributed by atoms with Crippen molar-refractivity contribution in [1.82, 2.24) is 0 Å². The summed E-state index contributed by atoms with van der Waals surface area (Å²) in [7, 11) is 1.39. The van der Waals surface area contributed by atoms with E-state index in [0.717, 1.165) is 0 Å². The van der Waals surface area contributed by atoms with Crippen molar-refractivity contribution >= 4 is 22.7 Å². The second-order valence-corrected chi connectivity index (χ2v) is 1.96. The van der Waals surface area contributed by atoms with E-state index >= 15 is 0 Å². The third-order valence-corrected chi connectivity index (χ3v) is 1.33. The number of hydrogen-bond acceptors (Lipinski definition) is 3. The summed E-state index contributed by atoms with van der Waals surface area (Å²) in [5.41, 5.74) is 2.76. The van der Waals surface area contributed by atoms with Crippen LogP contribution in [-0.4, -0.2) is 7.11 Å². The Bertz CT molecular complexity index is 257. The summed E-state index contributed by atoms with van der Waals surface area (Å²) in [6, 6.07) is 4.48. The number of rotatable bonds is 2. The first-order chi connectivity index (χ1) is 5.29. The molecule has 0 atom stereocenters. The lowest BCUT2D eigenvalue weighted by molar-refractivity contribution is 0.388. The lowest BCUT2D eigenvalue weighted by Gasteiger charge is -2.06. The van der Waals surface area contributed by atoms with Crippen LogP contribution < -0.4 is 16.0 Å². The van der Waals surface area contributed by atoms with Gasteiger partial charge in [0, 0.05) is 0 Å². The van der Waals surface area contributed by atoms with Crippen LogP contribution >= 0.6 is 17.0 Å². The molecular weight excluding hydrogens is 227 g/mol. The maximum Gasteiger partial charge on any atom is 0.178 e. The van der Waals surface area contributed by atoms with Crippen LogP contribution in [0.2, 0.25) is 0 Å². The van der Waals surface area contributed by atoms with Gasteiger partial charge < -0.3 is 10.2 Å². The molecule has 1 aromatic carbocycles. The van der Waals surface area contributed by atoms with Crippen molar-refractivity contribution in [2.45, 2.75) is 0 Å². The van der Waals surface area contributed by atoms with Crippen LogP contribution in [0.25, 0.3) is 0 Å². The molecule has 0 heterocycles. The lowest BCUT2D eigenvalue weighted by atomic mass is 10.3. The number of hydrazine groups is 1. The zero-order valence-corrected chi connectivity index (χ0v) is 8.22. The van der Waals surface area contributed by atoms with Crippen molar-refractivity contribution < 1.29 is 9.13 Å². The summed E-state index contributed by atoms with van der Waals surface area (Å²) in [5.74, 6) is 4.80. The average Bonchev–Trinajstić information content (AvgIpc) is 2.04. The third-order valence-electron chi connectivity index (χ3n) is 1.33. The zero-order chi connectivity index (χ0) is 8.27. The molecule has 0 unspecified atom stereocenters. The number of methoxy groups -OCH3 is 1. The zero-order valence-electron chi connectivity index (χ0n) is 6.50. The van der Waals surface area contributed by atoms with Crippen LogP contribution in [0.3, 0.4) is 0 Å². The van der Waals surface area contributed by atoms with Gasteiger partial charge in [0.05, 0.1) is 12.8 Å². The fraction of sp³-hybridized carbons (Fsp3) is 0.143. The molecule has 0 aliphatic heterocycles. The molecule has 0 saturated carbocycles. The van der Waals surface area contributed by atoms with Gasteiger partial charge in [-0.1, -0.05) is 6.07 Å². The van der Waals surface area contributed by atoms with Crippen molar-refractivity contribution in [3.8, 4) is 5.75 Å². The lowest BCUT2D eigenvalue weighted by Crippen LogP contribution is -2.08. The number of para-hydroxylation sites is 1. The largest absolute Gasteiger partial charge is 0.492 e. The highest BCUT2D eigenvalue weighted by Crippen LogP contribution is 2.25. The summed E-state index contributed by atoms with van der Waals surface area (Å²) in [6.45, 7) is 0. The van der Waals surface area contributed by atoms with Gasteiger partial charge in [-0.25, -0.2) is 4.39 Å².